The predicted octanol–water partition coefficient (Wildman–Crippen LogP) is 3.47. The van der Waals surface area contributed by atoms with Gasteiger partial charge in [-0.1, -0.05) is 19.1 Å². The number of carbonyl (C=O) groups excluding carboxylic acids is 3. The van der Waals surface area contributed by atoms with Crippen molar-refractivity contribution in [1.29, 1.82) is 5.26 Å². The molecule has 188 valence electrons. The van der Waals surface area contributed by atoms with Gasteiger partial charge < -0.3 is 9.80 Å². The summed E-state index contributed by atoms with van der Waals surface area (Å²) in [5, 5.41) is 9.01. The van der Waals surface area contributed by atoms with Gasteiger partial charge in [-0.3, -0.25) is 19.3 Å². The first-order chi connectivity index (χ1) is 17.0. The molecule has 2 aliphatic rings. The Morgan fingerprint density at radius 3 is 2.42 bits per heavy atom. The molecule has 2 aromatic carbocycles. The van der Waals surface area contributed by atoms with Gasteiger partial charge in [0.25, 0.3) is 5.91 Å². The van der Waals surface area contributed by atoms with Crippen molar-refractivity contribution in [2.75, 3.05) is 24.5 Å². The average molecular weight is 502 g/mol. The number of benzene rings is 2. The van der Waals surface area contributed by atoms with E-state index in [1.54, 1.807) is 13.0 Å². The molecule has 2 fully saturated rings. The molecular weight excluding hydrogens is 480 g/mol. The number of halogens is 4. The minimum absolute atomic E-state index is 0.0475. The quantitative estimate of drug-likeness (QED) is 0.600. The zero-order valence-corrected chi connectivity index (χ0v) is 19.3. The smallest absolute Gasteiger partial charge is 0.340 e. The van der Waals surface area contributed by atoms with Crippen LogP contribution in [0.1, 0.15) is 36.5 Å². The number of piperazine rings is 1. The Morgan fingerprint density at radius 2 is 1.83 bits per heavy atom. The van der Waals surface area contributed by atoms with E-state index in [-0.39, 0.29) is 49.6 Å². The summed E-state index contributed by atoms with van der Waals surface area (Å²) in [6.07, 6.45) is -4.24. The standard InChI is InChI=1S/C25H22F4N4O3/c1-2-21(34)31-10-9-24(15-31)23(36)32(20-8-5-17(12-30)11-19(20)26)14-22(35)33(24)13-16-3-6-18(7-4-16)25(27,28)29/h3-8,11H,2,9-10,13-15H2,1H3/t24-/m1/s1. The van der Waals surface area contributed by atoms with E-state index in [0.29, 0.717) is 5.56 Å². The number of nitrogens with zero attached hydrogens (tertiary/aromatic N) is 4. The van der Waals surface area contributed by atoms with E-state index in [9.17, 15) is 31.9 Å². The Balaban J connectivity index is 1.71. The molecule has 7 nitrogen and oxygen atoms in total. The van der Waals surface area contributed by atoms with Gasteiger partial charge in [0.1, 0.15) is 17.9 Å². The van der Waals surface area contributed by atoms with Crippen LogP contribution >= 0.6 is 0 Å². The average Bonchev–Trinajstić information content (AvgIpc) is 3.30. The molecule has 0 bridgehead atoms. The zero-order chi connectivity index (χ0) is 26.3. The molecule has 1 spiro atoms. The summed E-state index contributed by atoms with van der Waals surface area (Å²) in [4.78, 5) is 43.4. The van der Waals surface area contributed by atoms with Crippen LogP contribution in [0.25, 0.3) is 0 Å². The van der Waals surface area contributed by atoms with Crippen LogP contribution in [0.3, 0.4) is 0 Å². The molecule has 2 saturated heterocycles. The molecule has 4 rings (SSSR count). The minimum Gasteiger partial charge on any atom is -0.340 e. The predicted molar refractivity (Wildman–Crippen MR) is 120 cm³/mol. The third kappa shape index (κ3) is 4.39. The van der Waals surface area contributed by atoms with Crippen molar-refractivity contribution in [3.63, 3.8) is 0 Å². The van der Waals surface area contributed by atoms with Crippen molar-refractivity contribution in [3.8, 4) is 6.07 Å². The maximum atomic E-state index is 14.8. The molecule has 0 N–H and O–H groups in total. The summed E-state index contributed by atoms with van der Waals surface area (Å²) in [5.74, 6) is -2.20. The van der Waals surface area contributed by atoms with Crippen LogP contribution in [-0.2, 0) is 27.1 Å². The molecule has 2 aliphatic heterocycles. The fourth-order valence-corrected chi connectivity index (χ4v) is 4.73. The first-order valence-corrected chi connectivity index (χ1v) is 11.3. The molecule has 0 aromatic heterocycles. The summed E-state index contributed by atoms with van der Waals surface area (Å²) in [5.41, 5.74) is -2.09. The number of rotatable bonds is 4. The highest BCUT2D eigenvalue weighted by molar-refractivity contribution is 6.10. The van der Waals surface area contributed by atoms with Crippen molar-refractivity contribution in [3.05, 3.63) is 65.0 Å². The SMILES string of the molecule is CCC(=O)N1CC[C@@]2(C1)C(=O)N(c1ccc(C#N)cc1F)CC(=O)N2Cc1ccc(C(F)(F)F)cc1. The van der Waals surface area contributed by atoms with Gasteiger partial charge in [-0.25, -0.2) is 4.39 Å². The summed E-state index contributed by atoms with van der Waals surface area (Å²) in [6, 6.07) is 9.64. The first-order valence-electron chi connectivity index (χ1n) is 11.3. The Kier molecular flexibility index (Phi) is 6.47. The number of alkyl halides is 3. The van der Waals surface area contributed by atoms with Crippen LogP contribution in [0.4, 0.5) is 23.2 Å². The zero-order valence-electron chi connectivity index (χ0n) is 19.3. The highest BCUT2D eigenvalue weighted by atomic mass is 19.4. The Morgan fingerprint density at radius 1 is 1.14 bits per heavy atom. The van der Waals surface area contributed by atoms with Gasteiger partial charge >= 0.3 is 6.18 Å². The van der Waals surface area contributed by atoms with E-state index in [2.05, 4.69) is 0 Å². The number of hydrogen-bond donors (Lipinski definition) is 0. The molecule has 3 amide bonds. The summed E-state index contributed by atoms with van der Waals surface area (Å²) < 4.78 is 53.7. The van der Waals surface area contributed by atoms with Gasteiger partial charge in [0.05, 0.1) is 29.4 Å². The summed E-state index contributed by atoms with van der Waals surface area (Å²) in [6.45, 7) is 1.10. The third-order valence-corrected chi connectivity index (χ3v) is 6.65. The van der Waals surface area contributed by atoms with Gasteiger partial charge in [-0.15, -0.1) is 0 Å². The lowest BCUT2D eigenvalue weighted by Crippen LogP contribution is -2.69. The maximum Gasteiger partial charge on any atom is 0.416 e. The monoisotopic (exact) mass is 502 g/mol. The second kappa shape index (κ2) is 9.26. The fraction of sp³-hybridized carbons (Fsp3) is 0.360. The van der Waals surface area contributed by atoms with Gasteiger partial charge in [-0.05, 0) is 42.3 Å². The third-order valence-electron chi connectivity index (χ3n) is 6.65. The number of nitriles is 1. The minimum atomic E-state index is -4.52. The summed E-state index contributed by atoms with van der Waals surface area (Å²) >= 11 is 0. The lowest BCUT2D eigenvalue weighted by molar-refractivity contribution is -0.151. The molecule has 2 heterocycles. The topological polar surface area (TPSA) is 84.7 Å². The molecule has 0 unspecified atom stereocenters. The van der Waals surface area contributed by atoms with E-state index in [0.717, 1.165) is 23.1 Å². The number of amides is 3. The second-order valence-corrected chi connectivity index (χ2v) is 8.79. The molecular formula is C25H22F4N4O3. The fourth-order valence-electron chi connectivity index (χ4n) is 4.73. The van der Waals surface area contributed by atoms with Crippen LogP contribution < -0.4 is 4.90 Å². The van der Waals surface area contributed by atoms with Crippen molar-refractivity contribution >= 4 is 23.4 Å². The van der Waals surface area contributed by atoms with Crippen molar-refractivity contribution in [1.82, 2.24) is 9.80 Å². The normalized spacial score (nSPS) is 20.3. The lowest BCUT2D eigenvalue weighted by Gasteiger charge is -2.47. The molecule has 0 aliphatic carbocycles. The number of carbonyl (C=O) groups is 3. The molecule has 0 radical (unpaired) electrons. The molecule has 2 aromatic rings. The van der Waals surface area contributed by atoms with Crippen LogP contribution in [0.2, 0.25) is 0 Å². The van der Waals surface area contributed by atoms with Crippen LogP contribution in [0, 0.1) is 17.1 Å². The summed E-state index contributed by atoms with van der Waals surface area (Å²) in [7, 11) is 0. The van der Waals surface area contributed by atoms with E-state index >= 15 is 0 Å². The van der Waals surface area contributed by atoms with Crippen molar-refractivity contribution in [2.24, 2.45) is 0 Å². The number of likely N-dealkylation sites (tertiary alicyclic amines) is 1. The van der Waals surface area contributed by atoms with E-state index < -0.39 is 41.5 Å². The van der Waals surface area contributed by atoms with Gasteiger partial charge in [-0.2, -0.15) is 18.4 Å². The molecule has 0 saturated carbocycles. The number of anilines is 1. The Bertz CT molecular complexity index is 1260. The molecule has 1 atom stereocenters. The van der Waals surface area contributed by atoms with Crippen LogP contribution in [0.15, 0.2) is 42.5 Å². The van der Waals surface area contributed by atoms with E-state index in [4.69, 9.17) is 5.26 Å². The van der Waals surface area contributed by atoms with Gasteiger partial charge in [0.15, 0.2) is 0 Å². The Hall–Kier alpha value is -3.94. The van der Waals surface area contributed by atoms with Crippen LogP contribution in [0.5, 0.6) is 0 Å². The first kappa shape index (κ1) is 25.2. The second-order valence-electron chi connectivity index (χ2n) is 8.79. The largest absolute Gasteiger partial charge is 0.416 e. The van der Waals surface area contributed by atoms with E-state index in [1.807, 2.05) is 0 Å². The highest BCUT2D eigenvalue weighted by Crippen LogP contribution is 2.38. The Labute approximate surface area is 204 Å². The van der Waals surface area contributed by atoms with Crippen molar-refractivity contribution in [2.45, 2.75) is 38.0 Å². The molecule has 11 heteroatoms. The highest BCUT2D eigenvalue weighted by Gasteiger charge is 2.57. The van der Waals surface area contributed by atoms with Gasteiger partial charge in [0.2, 0.25) is 11.8 Å². The molecule has 36 heavy (non-hydrogen) atoms. The van der Waals surface area contributed by atoms with E-state index in [1.165, 1.54) is 34.1 Å². The maximum absolute atomic E-state index is 14.8. The van der Waals surface area contributed by atoms with Gasteiger partial charge in [0, 0.05) is 19.5 Å². The van der Waals surface area contributed by atoms with Crippen LogP contribution in [-0.4, -0.2) is 52.7 Å². The van der Waals surface area contributed by atoms with Crippen molar-refractivity contribution < 1.29 is 31.9 Å². The number of hydrogen-bond acceptors (Lipinski definition) is 4. The lowest BCUT2D eigenvalue weighted by atomic mass is 9.89.